The number of hydrogen-bond donors (Lipinski definition) is 0. The lowest BCUT2D eigenvalue weighted by Crippen LogP contribution is -2.04. The van der Waals surface area contributed by atoms with Crippen LogP contribution in [0.2, 0.25) is 0 Å². The van der Waals surface area contributed by atoms with E-state index in [9.17, 15) is 0 Å². The van der Waals surface area contributed by atoms with Gasteiger partial charge in [0, 0.05) is 13.0 Å². The van der Waals surface area contributed by atoms with Crippen molar-refractivity contribution in [1.29, 1.82) is 0 Å². The third kappa shape index (κ3) is 2.98. The predicted molar refractivity (Wildman–Crippen MR) is 86.3 cm³/mol. The van der Waals surface area contributed by atoms with E-state index in [1.165, 1.54) is 19.3 Å². The molecule has 118 valence electrons. The standard InChI is InChI=1S/C15H17N7S/c1-3-7-12(8-4-1)22-14(17-19-20-22)11-23-15-18-16-13-9-5-2-6-10-21(13)15/h1,3-4,7-8H,2,5-6,9-11H2. The van der Waals surface area contributed by atoms with Gasteiger partial charge in [0.2, 0.25) is 0 Å². The van der Waals surface area contributed by atoms with Crippen LogP contribution in [0.15, 0.2) is 35.5 Å². The van der Waals surface area contributed by atoms with Crippen LogP contribution >= 0.6 is 11.8 Å². The molecule has 0 bridgehead atoms. The maximum Gasteiger partial charge on any atom is 0.191 e. The van der Waals surface area contributed by atoms with Gasteiger partial charge in [-0.2, -0.15) is 4.68 Å². The summed E-state index contributed by atoms with van der Waals surface area (Å²) in [6, 6.07) is 9.92. The lowest BCUT2D eigenvalue weighted by Gasteiger charge is -2.06. The zero-order valence-corrected chi connectivity index (χ0v) is 13.5. The minimum atomic E-state index is 0.667. The summed E-state index contributed by atoms with van der Waals surface area (Å²) in [6.45, 7) is 1.01. The van der Waals surface area contributed by atoms with E-state index in [1.807, 2.05) is 30.3 Å². The van der Waals surface area contributed by atoms with Crippen LogP contribution < -0.4 is 0 Å². The maximum absolute atomic E-state index is 4.34. The molecule has 3 aromatic rings. The summed E-state index contributed by atoms with van der Waals surface area (Å²) in [5.41, 5.74) is 0.966. The number of hydrogen-bond acceptors (Lipinski definition) is 6. The molecule has 0 amide bonds. The Bertz CT molecular complexity index is 780. The minimum Gasteiger partial charge on any atom is -0.306 e. The zero-order chi connectivity index (χ0) is 15.5. The van der Waals surface area contributed by atoms with Crippen molar-refractivity contribution in [2.24, 2.45) is 0 Å². The van der Waals surface area contributed by atoms with Gasteiger partial charge < -0.3 is 4.57 Å². The van der Waals surface area contributed by atoms with Gasteiger partial charge in [0.05, 0.1) is 11.4 Å². The first-order chi connectivity index (χ1) is 11.4. The number of rotatable bonds is 4. The minimum absolute atomic E-state index is 0.667. The lowest BCUT2D eigenvalue weighted by molar-refractivity contribution is 0.590. The highest BCUT2D eigenvalue weighted by Gasteiger charge is 2.16. The van der Waals surface area contributed by atoms with Crippen LogP contribution in [0.4, 0.5) is 0 Å². The summed E-state index contributed by atoms with van der Waals surface area (Å²) in [5.74, 6) is 2.58. The molecular weight excluding hydrogens is 310 g/mol. The number of aromatic nitrogens is 7. The van der Waals surface area contributed by atoms with Crippen LogP contribution in [0.5, 0.6) is 0 Å². The normalized spacial score (nSPS) is 14.4. The van der Waals surface area contributed by atoms with Crippen molar-refractivity contribution in [2.45, 2.75) is 43.1 Å². The van der Waals surface area contributed by atoms with Gasteiger partial charge in [-0.15, -0.1) is 15.3 Å². The summed E-state index contributed by atoms with van der Waals surface area (Å²) in [7, 11) is 0. The van der Waals surface area contributed by atoms with Gasteiger partial charge in [-0.05, 0) is 35.4 Å². The average Bonchev–Trinajstić information content (AvgIpc) is 3.14. The lowest BCUT2D eigenvalue weighted by atomic mass is 10.2. The van der Waals surface area contributed by atoms with Crippen molar-refractivity contribution < 1.29 is 0 Å². The number of para-hydroxylation sites is 1. The Hall–Kier alpha value is -2.22. The Morgan fingerprint density at radius 3 is 2.83 bits per heavy atom. The largest absolute Gasteiger partial charge is 0.306 e. The summed E-state index contributed by atoms with van der Waals surface area (Å²) < 4.78 is 4.01. The summed E-state index contributed by atoms with van der Waals surface area (Å²) in [6.07, 6.45) is 4.68. The topological polar surface area (TPSA) is 74.3 Å². The number of benzene rings is 1. The summed E-state index contributed by atoms with van der Waals surface area (Å²) in [5, 5.41) is 21.7. The van der Waals surface area contributed by atoms with E-state index >= 15 is 0 Å². The molecule has 0 fully saturated rings. The van der Waals surface area contributed by atoms with E-state index in [0.717, 1.165) is 35.5 Å². The first kappa shape index (κ1) is 14.4. The second kappa shape index (κ2) is 6.49. The maximum atomic E-state index is 4.34. The molecule has 0 spiro atoms. The molecule has 0 radical (unpaired) electrons. The summed E-state index contributed by atoms with van der Waals surface area (Å²) >= 11 is 1.64. The number of tetrazole rings is 1. The van der Waals surface area contributed by atoms with E-state index in [1.54, 1.807) is 16.4 Å². The Morgan fingerprint density at radius 1 is 1.00 bits per heavy atom. The van der Waals surface area contributed by atoms with E-state index in [-0.39, 0.29) is 0 Å². The highest BCUT2D eigenvalue weighted by atomic mass is 32.2. The van der Waals surface area contributed by atoms with Crippen molar-refractivity contribution in [3.63, 3.8) is 0 Å². The molecule has 0 aliphatic carbocycles. The molecule has 1 aromatic carbocycles. The molecule has 3 heterocycles. The number of fused-ring (bicyclic) bond motifs is 1. The molecular formula is C15H17N7S. The molecule has 4 rings (SSSR count). The first-order valence-electron chi connectivity index (χ1n) is 7.79. The molecule has 23 heavy (non-hydrogen) atoms. The fraction of sp³-hybridized carbons (Fsp3) is 0.400. The van der Waals surface area contributed by atoms with Gasteiger partial charge in [0.1, 0.15) is 5.82 Å². The third-order valence-electron chi connectivity index (χ3n) is 3.94. The van der Waals surface area contributed by atoms with Gasteiger partial charge in [-0.25, -0.2) is 0 Å². The highest BCUT2D eigenvalue weighted by Crippen LogP contribution is 2.24. The van der Waals surface area contributed by atoms with Crippen LogP contribution in [-0.2, 0) is 18.7 Å². The summed E-state index contributed by atoms with van der Waals surface area (Å²) in [4.78, 5) is 0. The van der Waals surface area contributed by atoms with Gasteiger partial charge in [0.25, 0.3) is 0 Å². The molecule has 0 saturated carbocycles. The molecule has 0 atom stereocenters. The van der Waals surface area contributed by atoms with Gasteiger partial charge in [0.15, 0.2) is 11.0 Å². The SMILES string of the molecule is c1ccc(-n2nnnc2CSc2nnc3n2CCCCC3)cc1. The second-order valence-electron chi connectivity index (χ2n) is 5.49. The predicted octanol–water partition coefficient (Wildman–Crippen LogP) is 2.27. The molecule has 2 aromatic heterocycles. The van der Waals surface area contributed by atoms with Crippen molar-refractivity contribution >= 4 is 11.8 Å². The van der Waals surface area contributed by atoms with Crippen LogP contribution in [0.25, 0.3) is 5.69 Å². The molecule has 0 N–H and O–H groups in total. The number of thioether (sulfide) groups is 1. The van der Waals surface area contributed by atoms with E-state index in [0.29, 0.717) is 5.75 Å². The fourth-order valence-electron chi connectivity index (χ4n) is 2.76. The van der Waals surface area contributed by atoms with Crippen LogP contribution in [0.1, 0.15) is 30.9 Å². The van der Waals surface area contributed by atoms with E-state index in [2.05, 4.69) is 30.3 Å². The van der Waals surface area contributed by atoms with E-state index in [4.69, 9.17) is 0 Å². The van der Waals surface area contributed by atoms with Crippen molar-refractivity contribution in [1.82, 2.24) is 35.0 Å². The number of aryl methyl sites for hydroxylation is 1. The molecule has 8 heteroatoms. The third-order valence-corrected chi connectivity index (χ3v) is 4.90. The fourth-order valence-corrected chi connectivity index (χ4v) is 3.65. The van der Waals surface area contributed by atoms with Crippen LogP contribution in [0.3, 0.4) is 0 Å². The molecule has 1 aliphatic heterocycles. The Labute approximate surface area is 138 Å². The Kier molecular flexibility index (Phi) is 4.06. The zero-order valence-electron chi connectivity index (χ0n) is 12.7. The highest BCUT2D eigenvalue weighted by molar-refractivity contribution is 7.98. The smallest absolute Gasteiger partial charge is 0.191 e. The molecule has 0 unspecified atom stereocenters. The average molecular weight is 327 g/mol. The van der Waals surface area contributed by atoms with E-state index < -0.39 is 0 Å². The van der Waals surface area contributed by atoms with Gasteiger partial charge in [-0.1, -0.05) is 36.4 Å². The van der Waals surface area contributed by atoms with Crippen molar-refractivity contribution in [3.8, 4) is 5.69 Å². The second-order valence-corrected chi connectivity index (χ2v) is 6.43. The van der Waals surface area contributed by atoms with Gasteiger partial charge >= 0.3 is 0 Å². The van der Waals surface area contributed by atoms with Gasteiger partial charge in [-0.3, -0.25) is 0 Å². The Balaban J connectivity index is 1.53. The first-order valence-corrected chi connectivity index (χ1v) is 8.78. The van der Waals surface area contributed by atoms with Crippen molar-refractivity contribution in [3.05, 3.63) is 42.0 Å². The molecule has 7 nitrogen and oxygen atoms in total. The molecule has 1 aliphatic rings. The van der Waals surface area contributed by atoms with Crippen LogP contribution in [0, 0.1) is 0 Å². The Morgan fingerprint density at radius 2 is 1.91 bits per heavy atom. The van der Waals surface area contributed by atoms with Crippen molar-refractivity contribution in [2.75, 3.05) is 0 Å². The quantitative estimate of drug-likeness (QED) is 0.684. The van der Waals surface area contributed by atoms with Crippen LogP contribution in [-0.4, -0.2) is 35.0 Å². The monoisotopic (exact) mass is 327 g/mol. The number of nitrogens with zero attached hydrogens (tertiary/aromatic N) is 7. The molecule has 0 saturated heterocycles.